The van der Waals surface area contributed by atoms with Crippen LogP contribution in [0.2, 0.25) is 0 Å². The molecule has 0 bridgehead atoms. The first-order chi connectivity index (χ1) is 5.57. The molecule has 5 heteroatoms. The third-order valence-corrected chi connectivity index (χ3v) is 1.51. The summed E-state index contributed by atoms with van der Waals surface area (Å²) in [4.78, 5) is 10.5. The van der Waals surface area contributed by atoms with Crippen molar-refractivity contribution in [3.05, 3.63) is 0 Å². The summed E-state index contributed by atoms with van der Waals surface area (Å²) in [5, 5.41) is 11.1. The fourth-order valence-electron chi connectivity index (χ4n) is 0.797. The van der Waals surface area contributed by atoms with Crippen LogP contribution < -0.4 is 5.32 Å². The second kappa shape index (κ2) is 6.01. The molecule has 0 fully saturated rings. The molecule has 68 valence electrons. The van der Waals surface area contributed by atoms with Gasteiger partial charge in [-0.15, -0.1) is 0 Å². The number of carboxylic acid groups (broad SMARTS) is 1. The van der Waals surface area contributed by atoms with E-state index in [1.165, 1.54) is 0 Å². The molecule has 0 spiro atoms. The van der Waals surface area contributed by atoms with E-state index in [1.54, 1.807) is 0 Å². The van der Waals surface area contributed by atoms with Crippen molar-refractivity contribution >= 4 is 13.9 Å². The number of carbonyl (C=O) groups is 1. The van der Waals surface area contributed by atoms with E-state index in [-0.39, 0.29) is 13.8 Å². The van der Waals surface area contributed by atoms with Crippen molar-refractivity contribution in [3.63, 3.8) is 0 Å². The molecule has 2 N–H and O–H groups in total. The average molecular weight is 189 g/mol. The van der Waals surface area contributed by atoms with Gasteiger partial charge in [-0.25, -0.2) is 0 Å². The summed E-state index contributed by atoms with van der Waals surface area (Å²) in [6.45, 7) is 3.85. The van der Waals surface area contributed by atoms with Crippen LogP contribution in [-0.4, -0.2) is 17.1 Å². The Morgan fingerprint density at radius 1 is 1.67 bits per heavy atom. The molecule has 0 aromatic rings. The Kier molecular flexibility index (Phi) is 5.73. The van der Waals surface area contributed by atoms with Crippen LogP contribution in [0.5, 0.6) is 0 Å². The molecule has 0 aliphatic carbocycles. The van der Waals surface area contributed by atoms with Crippen LogP contribution in [0.15, 0.2) is 0 Å². The van der Waals surface area contributed by atoms with Gasteiger partial charge in [0.1, 0.15) is 0 Å². The van der Waals surface area contributed by atoms with E-state index in [0.29, 0.717) is 6.42 Å². The number of hydrogen-bond acceptors (Lipinski definition) is 3. The summed E-state index contributed by atoms with van der Waals surface area (Å²) >= 11 is 0. The van der Waals surface area contributed by atoms with E-state index in [2.05, 4.69) is 11.1 Å². The normalized spacial score (nSPS) is 12.2. The summed E-state index contributed by atoms with van der Waals surface area (Å²) in [7, 11) is -0.317. The van der Waals surface area contributed by atoms with Gasteiger partial charge in [-0.3, -0.25) is 0 Å². The van der Waals surface area contributed by atoms with Crippen LogP contribution in [0.3, 0.4) is 0 Å². The molecule has 0 unspecified atom stereocenters. The summed E-state index contributed by atoms with van der Waals surface area (Å²) in [6, 6.07) is -0.688. The third-order valence-electron chi connectivity index (χ3n) is 1.29. The number of aliphatic carboxylic acids is 1. The van der Waals surface area contributed by atoms with E-state index in [4.69, 9.17) is 5.11 Å². The molecule has 4 nitrogen and oxygen atoms in total. The first-order valence-electron chi connectivity index (χ1n) is 3.63. The molecule has 0 heterocycles. The zero-order valence-electron chi connectivity index (χ0n) is 7.07. The van der Waals surface area contributed by atoms with Gasteiger partial charge >= 0.3 is 71.6 Å². The minimum absolute atomic E-state index is 0.281. The first kappa shape index (κ1) is 11.4. The Balaban J connectivity index is 4.10. The monoisotopic (exact) mass is 189 g/mol. The van der Waals surface area contributed by atoms with Crippen LogP contribution in [-0.2, 0) is 9.36 Å². The Labute approximate surface area is 72.5 Å². The van der Waals surface area contributed by atoms with Gasteiger partial charge in [0.25, 0.3) is 0 Å². The summed E-state index contributed by atoms with van der Waals surface area (Å²) < 4.78 is 9.95. The van der Waals surface area contributed by atoms with Crippen molar-refractivity contribution in [3.8, 4) is 5.75 Å². The maximum absolute atomic E-state index is 10.5. The standard InChI is InChI=1S/C7H12NO3P/c1-5(2)3-6(7(9)10)8-4-12-11/h5-6,8H,3H2,1-2H3,(H,9,10)/t6-/m0/s1. The fraction of sp³-hybridized carbons (Fsp3) is 0.714. The zero-order chi connectivity index (χ0) is 9.56. The molecule has 0 aromatic heterocycles. The predicted molar refractivity (Wildman–Crippen MR) is 45.5 cm³/mol. The maximum atomic E-state index is 10.5. The van der Waals surface area contributed by atoms with E-state index in [0.717, 1.165) is 0 Å². The molecule has 0 saturated carbocycles. The van der Waals surface area contributed by atoms with Crippen LogP contribution in [0.4, 0.5) is 0 Å². The number of rotatable bonds is 4. The SMILES string of the molecule is CC(C)C[C@H](NC#P=O)C(=O)O. The van der Waals surface area contributed by atoms with Gasteiger partial charge in [0.2, 0.25) is 0 Å². The molecule has 12 heavy (non-hydrogen) atoms. The number of nitrogens with one attached hydrogen (secondary N) is 1. The van der Waals surface area contributed by atoms with Crippen molar-refractivity contribution in [2.75, 3.05) is 0 Å². The Morgan fingerprint density at radius 2 is 2.25 bits per heavy atom. The van der Waals surface area contributed by atoms with Crippen LogP contribution in [0.25, 0.3) is 0 Å². The van der Waals surface area contributed by atoms with Crippen LogP contribution in [0, 0.1) is 11.7 Å². The minimum atomic E-state index is -0.945. The van der Waals surface area contributed by atoms with E-state index < -0.39 is 12.0 Å². The average Bonchev–Trinajstić information content (AvgIpc) is 1.96. The number of hydrogen-bond donors (Lipinski definition) is 2. The molecule has 1 atom stereocenters. The second-order valence-corrected chi connectivity index (χ2v) is 3.27. The van der Waals surface area contributed by atoms with Gasteiger partial charge in [-0.1, -0.05) is 0 Å². The van der Waals surface area contributed by atoms with Gasteiger partial charge in [-0.05, 0) is 0 Å². The Bertz CT molecular complexity index is 244. The molecule has 0 radical (unpaired) electrons. The molecule has 0 aliphatic heterocycles. The molecule has 0 aromatic carbocycles. The van der Waals surface area contributed by atoms with Gasteiger partial charge in [0, 0.05) is 0 Å². The predicted octanol–water partition coefficient (Wildman–Crippen LogP) is 1.28. The van der Waals surface area contributed by atoms with Crippen molar-refractivity contribution < 1.29 is 14.5 Å². The summed E-state index contributed by atoms with van der Waals surface area (Å²) in [6.07, 6.45) is 0.498. The molecular weight excluding hydrogens is 177 g/mol. The summed E-state index contributed by atoms with van der Waals surface area (Å²) in [5.74, 6) is 1.56. The number of carboxylic acids is 1. The zero-order valence-corrected chi connectivity index (χ0v) is 7.97. The van der Waals surface area contributed by atoms with Crippen molar-refractivity contribution in [1.82, 2.24) is 5.32 Å². The summed E-state index contributed by atoms with van der Waals surface area (Å²) in [5.41, 5.74) is 0. The first-order valence-corrected chi connectivity index (χ1v) is 4.44. The molecule has 0 aliphatic rings. The topological polar surface area (TPSA) is 66.4 Å². The quantitative estimate of drug-likeness (QED) is 0.516. The second-order valence-electron chi connectivity index (χ2n) is 2.87. The van der Waals surface area contributed by atoms with E-state index in [9.17, 15) is 9.36 Å². The van der Waals surface area contributed by atoms with Crippen molar-refractivity contribution in [2.45, 2.75) is 26.3 Å². The molecular formula is C7H12NO3P. The Morgan fingerprint density at radius 3 is 2.58 bits per heavy atom. The van der Waals surface area contributed by atoms with Gasteiger partial charge in [0.05, 0.1) is 0 Å². The van der Waals surface area contributed by atoms with E-state index >= 15 is 0 Å². The van der Waals surface area contributed by atoms with Crippen LogP contribution >= 0.6 is 7.92 Å². The molecule has 0 rings (SSSR count). The fourth-order valence-corrected chi connectivity index (χ4v) is 1.01. The van der Waals surface area contributed by atoms with E-state index in [1.807, 2.05) is 13.8 Å². The van der Waals surface area contributed by atoms with Crippen molar-refractivity contribution in [1.29, 1.82) is 0 Å². The Hall–Kier alpha value is -0.560. The molecule has 0 amide bonds. The van der Waals surface area contributed by atoms with Crippen LogP contribution in [0.1, 0.15) is 20.3 Å². The molecule has 0 saturated heterocycles. The van der Waals surface area contributed by atoms with Crippen molar-refractivity contribution in [2.24, 2.45) is 5.92 Å². The van der Waals surface area contributed by atoms with Gasteiger partial charge < -0.3 is 0 Å². The van der Waals surface area contributed by atoms with Gasteiger partial charge in [-0.2, -0.15) is 0 Å². The third kappa shape index (κ3) is 5.14. The van der Waals surface area contributed by atoms with Gasteiger partial charge in [0.15, 0.2) is 0 Å².